The van der Waals surface area contributed by atoms with Crippen LogP contribution in [0.1, 0.15) is 12.8 Å². The minimum Gasteiger partial charge on any atom is -0.494 e. The zero-order valence-electron chi connectivity index (χ0n) is 10.2. The molecule has 0 saturated heterocycles. The number of carbonyl (C=O) groups is 1. The first-order valence-electron chi connectivity index (χ1n) is 5.96. The fourth-order valence-corrected chi connectivity index (χ4v) is 1.32. The first kappa shape index (κ1) is 14.5. The zero-order valence-corrected chi connectivity index (χ0v) is 10.2. The fourth-order valence-electron chi connectivity index (χ4n) is 1.32. The number of rotatable bonds is 8. The number of benzene rings is 1. The summed E-state index contributed by atoms with van der Waals surface area (Å²) in [4.78, 5) is 11.3. The van der Waals surface area contributed by atoms with Crippen LogP contribution < -0.4 is 10.1 Å². The summed E-state index contributed by atoms with van der Waals surface area (Å²) in [5, 5.41) is 20.1. The number of amides is 1. The Hall–Kier alpha value is -1.59. The van der Waals surface area contributed by atoms with Crippen molar-refractivity contribution in [2.45, 2.75) is 18.9 Å². The van der Waals surface area contributed by atoms with Crippen molar-refractivity contribution in [3.05, 3.63) is 30.3 Å². The lowest BCUT2D eigenvalue weighted by molar-refractivity contribution is -0.121. The van der Waals surface area contributed by atoms with Crippen molar-refractivity contribution >= 4 is 5.91 Å². The summed E-state index contributed by atoms with van der Waals surface area (Å²) in [6.07, 6.45) is 0.0514. The second-order valence-corrected chi connectivity index (χ2v) is 3.91. The highest BCUT2D eigenvalue weighted by Crippen LogP contribution is 2.08. The van der Waals surface area contributed by atoms with Crippen LogP contribution in [0.4, 0.5) is 0 Å². The Morgan fingerprint density at radius 2 is 2.06 bits per heavy atom. The molecule has 0 aromatic heterocycles. The largest absolute Gasteiger partial charge is 0.494 e. The molecule has 0 saturated carbocycles. The Morgan fingerprint density at radius 3 is 2.72 bits per heavy atom. The molecule has 5 nitrogen and oxygen atoms in total. The number of nitrogens with one attached hydrogen (secondary N) is 1. The zero-order chi connectivity index (χ0) is 13.2. The minimum absolute atomic E-state index is 0.0782. The van der Waals surface area contributed by atoms with E-state index >= 15 is 0 Å². The summed E-state index contributed by atoms with van der Waals surface area (Å²) in [6.45, 7) is 0.201. The highest BCUT2D eigenvalue weighted by molar-refractivity contribution is 5.75. The van der Waals surface area contributed by atoms with Crippen LogP contribution >= 0.6 is 0 Å². The smallest absolute Gasteiger partial charge is 0.220 e. The van der Waals surface area contributed by atoms with Gasteiger partial charge in [0.25, 0.3) is 0 Å². The summed E-state index contributed by atoms with van der Waals surface area (Å²) in [5.74, 6) is 0.632. The average molecular weight is 253 g/mol. The van der Waals surface area contributed by atoms with E-state index in [0.717, 1.165) is 5.75 Å². The van der Waals surface area contributed by atoms with Gasteiger partial charge < -0.3 is 20.3 Å². The van der Waals surface area contributed by atoms with E-state index in [1.54, 1.807) is 0 Å². The number of aliphatic hydroxyl groups is 2. The molecule has 100 valence electrons. The van der Waals surface area contributed by atoms with Gasteiger partial charge >= 0.3 is 0 Å². The number of hydrogen-bond donors (Lipinski definition) is 3. The van der Waals surface area contributed by atoms with Crippen LogP contribution in [0, 0.1) is 0 Å². The summed E-state index contributed by atoms with van der Waals surface area (Å²) >= 11 is 0. The second-order valence-electron chi connectivity index (χ2n) is 3.91. The predicted molar refractivity (Wildman–Crippen MR) is 67.3 cm³/mol. The minimum atomic E-state index is -0.894. The Morgan fingerprint density at radius 1 is 1.33 bits per heavy atom. The van der Waals surface area contributed by atoms with Crippen LogP contribution in [0.5, 0.6) is 5.75 Å². The van der Waals surface area contributed by atoms with Gasteiger partial charge in [0.05, 0.1) is 19.3 Å². The van der Waals surface area contributed by atoms with Crippen molar-refractivity contribution < 1.29 is 19.7 Å². The first-order chi connectivity index (χ1) is 8.72. The Kier molecular flexibility index (Phi) is 6.83. The molecule has 18 heavy (non-hydrogen) atoms. The van der Waals surface area contributed by atoms with Crippen LogP contribution in [-0.4, -0.2) is 42.0 Å². The third-order valence-corrected chi connectivity index (χ3v) is 2.31. The quantitative estimate of drug-likeness (QED) is 0.583. The Labute approximate surface area is 106 Å². The van der Waals surface area contributed by atoms with Gasteiger partial charge in [-0.2, -0.15) is 0 Å². The van der Waals surface area contributed by atoms with E-state index in [1.165, 1.54) is 0 Å². The maximum absolute atomic E-state index is 11.3. The average Bonchev–Trinajstić information content (AvgIpc) is 2.42. The Bertz CT molecular complexity index is 342. The van der Waals surface area contributed by atoms with Gasteiger partial charge in [-0.05, 0) is 18.6 Å². The molecular weight excluding hydrogens is 234 g/mol. The SMILES string of the molecule is O=C(CCCOc1ccccc1)NCC(O)CO. The molecule has 1 rings (SSSR count). The van der Waals surface area contributed by atoms with Gasteiger partial charge in [0.15, 0.2) is 0 Å². The van der Waals surface area contributed by atoms with Gasteiger partial charge in [0.2, 0.25) is 5.91 Å². The van der Waals surface area contributed by atoms with E-state index in [9.17, 15) is 4.79 Å². The van der Waals surface area contributed by atoms with Crippen molar-refractivity contribution in [1.29, 1.82) is 0 Å². The molecule has 0 bridgehead atoms. The van der Waals surface area contributed by atoms with Crippen LogP contribution in [0.3, 0.4) is 0 Å². The molecule has 1 aromatic rings. The van der Waals surface area contributed by atoms with Crippen molar-refractivity contribution in [3.8, 4) is 5.75 Å². The third kappa shape index (κ3) is 6.22. The molecule has 0 heterocycles. The molecule has 0 radical (unpaired) electrons. The second kappa shape index (κ2) is 8.49. The molecule has 1 unspecified atom stereocenters. The standard InChI is InChI=1S/C13H19NO4/c15-10-11(16)9-14-13(17)7-4-8-18-12-5-2-1-3-6-12/h1-3,5-6,11,15-16H,4,7-10H2,(H,14,17). The lowest BCUT2D eigenvalue weighted by Gasteiger charge is -2.09. The van der Waals surface area contributed by atoms with Gasteiger partial charge in [-0.25, -0.2) is 0 Å². The van der Waals surface area contributed by atoms with E-state index in [4.69, 9.17) is 14.9 Å². The fraction of sp³-hybridized carbons (Fsp3) is 0.462. The van der Waals surface area contributed by atoms with E-state index in [0.29, 0.717) is 19.4 Å². The summed E-state index contributed by atoms with van der Waals surface area (Å²) < 4.78 is 5.43. The van der Waals surface area contributed by atoms with Gasteiger partial charge in [-0.3, -0.25) is 4.79 Å². The van der Waals surface area contributed by atoms with Crippen molar-refractivity contribution in [1.82, 2.24) is 5.32 Å². The van der Waals surface area contributed by atoms with E-state index in [-0.39, 0.29) is 19.1 Å². The van der Waals surface area contributed by atoms with E-state index in [1.807, 2.05) is 30.3 Å². The highest BCUT2D eigenvalue weighted by atomic mass is 16.5. The number of carbonyl (C=O) groups excluding carboxylic acids is 1. The topological polar surface area (TPSA) is 78.8 Å². The van der Waals surface area contributed by atoms with Gasteiger partial charge in [-0.15, -0.1) is 0 Å². The number of ether oxygens (including phenoxy) is 1. The molecule has 0 spiro atoms. The maximum Gasteiger partial charge on any atom is 0.220 e. The van der Waals surface area contributed by atoms with Crippen molar-refractivity contribution in [3.63, 3.8) is 0 Å². The highest BCUT2D eigenvalue weighted by Gasteiger charge is 2.05. The summed E-state index contributed by atoms with van der Waals surface area (Å²) in [5.41, 5.74) is 0. The lowest BCUT2D eigenvalue weighted by atomic mass is 10.3. The normalized spacial score (nSPS) is 11.9. The first-order valence-corrected chi connectivity index (χ1v) is 5.96. The molecule has 0 aliphatic rings. The number of para-hydroxylation sites is 1. The Balaban J connectivity index is 2.05. The van der Waals surface area contributed by atoms with Gasteiger partial charge in [0, 0.05) is 13.0 Å². The van der Waals surface area contributed by atoms with Crippen molar-refractivity contribution in [2.24, 2.45) is 0 Å². The molecule has 1 amide bonds. The lowest BCUT2D eigenvalue weighted by Crippen LogP contribution is -2.33. The molecule has 0 fully saturated rings. The van der Waals surface area contributed by atoms with Crippen LogP contribution in [0.2, 0.25) is 0 Å². The van der Waals surface area contributed by atoms with Crippen LogP contribution in [0.15, 0.2) is 30.3 Å². The van der Waals surface area contributed by atoms with Crippen LogP contribution in [-0.2, 0) is 4.79 Å². The number of hydrogen-bond acceptors (Lipinski definition) is 4. The van der Waals surface area contributed by atoms with E-state index in [2.05, 4.69) is 5.32 Å². The molecule has 5 heteroatoms. The molecule has 3 N–H and O–H groups in total. The summed E-state index contributed by atoms with van der Waals surface area (Å²) in [7, 11) is 0. The predicted octanol–water partition coefficient (Wildman–Crippen LogP) is 0.315. The molecule has 1 aromatic carbocycles. The van der Waals surface area contributed by atoms with Crippen molar-refractivity contribution in [2.75, 3.05) is 19.8 Å². The van der Waals surface area contributed by atoms with Gasteiger partial charge in [-0.1, -0.05) is 18.2 Å². The maximum atomic E-state index is 11.3. The molecular formula is C13H19NO4. The third-order valence-electron chi connectivity index (χ3n) is 2.31. The molecule has 0 aliphatic carbocycles. The van der Waals surface area contributed by atoms with Gasteiger partial charge in [0.1, 0.15) is 5.75 Å². The molecule has 1 atom stereocenters. The number of aliphatic hydroxyl groups excluding tert-OH is 2. The summed E-state index contributed by atoms with van der Waals surface area (Å²) in [6, 6.07) is 9.40. The van der Waals surface area contributed by atoms with Crippen LogP contribution in [0.25, 0.3) is 0 Å². The monoisotopic (exact) mass is 253 g/mol. The molecule has 0 aliphatic heterocycles. The van der Waals surface area contributed by atoms with E-state index < -0.39 is 6.10 Å².